The van der Waals surface area contributed by atoms with E-state index < -0.39 is 11.5 Å². The molecule has 0 spiro atoms. The molecule has 4 heteroatoms. The molecule has 1 atom stereocenters. The molecule has 124 valence electrons. The summed E-state index contributed by atoms with van der Waals surface area (Å²) in [5, 5.41) is 9.03. The van der Waals surface area contributed by atoms with Gasteiger partial charge >= 0.3 is 5.97 Å². The van der Waals surface area contributed by atoms with Gasteiger partial charge in [0.25, 0.3) is 0 Å². The van der Waals surface area contributed by atoms with Gasteiger partial charge in [0.05, 0.1) is 0 Å². The van der Waals surface area contributed by atoms with E-state index in [1.165, 1.54) is 38.6 Å². The van der Waals surface area contributed by atoms with Gasteiger partial charge in [0, 0.05) is 6.04 Å². The van der Waals surface area contributed by atoms with Crippen LogP contribution in [-0.4, -0.2) is 40.6 Å². The lowest BCUT2D eigenvalue weighted by atomic mass is 9.96. The number of nitrogens with zero attached hydrogens (tertiary/aromatic N) is 1. The zero-order valence-corrected chi connectivity index (χ0v) is 14.1. The normalized spacial score (nSPS) is 19.3. The Bertz CT molecular complexity index is 310. The summed E-state index contributed by atoms with van der Waals surface area (Å²) in [5.41, 5.74) is 4.71. The molecule has 1 fully saturated rings. The van der Waals surface area contributed by atoms with Crippen molar-refractivity contribution in [2.24, 2.45) is 11.7 Å². The molecule has 21 heavy (non-hydrogen) atoms. The molecular weight excluding hydrogens is 264 g/mol. The van der Waals surface area contributed by atoms with Gasteiger partial charge in [-0.3, -0.25) is 4.79 Å². The smallest absolute Gasteiger partial charge is 0.323 e. The Hall–Kier alpha value is -0.610. The third-order valence-electron chi connectivity index (χ3n) is 4.71. The molecule has 1 saturated carbocycles. The van der Waals surface area contributed by atoms with Crippen LogP contribution in [0.5, 0.6) is 0 Å². The minimum atomic E-state index is -1.07. The van der Waals surface area contributed by atoms with Crippen LogP contribution in [0.4, 0.5) is 0 Å². The maximum atomic E-state index is 11.0. The van der Waals surface area contributed by atoms with E-state index in [0.29, 0.717) is 6.42 Å². The number of unbranched alkanes of at least 4 members (excludes halogenated alkanes) is 1. The van der Waals surface area contributed by atoms with Crippen molar-refractivity contribution >= 4 is 5.97 Å². The third-order valence-corrected chi connectivity index (χ3v) is 4.71. The molecule has 1 aliphatic carbocycles. The summed E-state index contributed by atoms with van der Waals surface area (Å²) in [7, 11) is 0. The van der Waals surface area contributed by atoms with Gasteiger partial charge in [0.1, 0.15) is 5.54 Å². The Morgan fingerprint density at radius 2 is 1.90 bits per heavy atom. The standard InChI is InChI=1S/C17H34N2O2/c1-14(2)10-13-19(15-8-4-5-9-15)12-7-6-11-17(3,18)16(20)21/h14-15H,4-13,18H2,1-3H3,(H,20,21). The summed E-state index contributed by atoms with van der Waals surface area (Å²) < 4.78 is 0. The molecule has 1 unspecified atom stereocenters. The molecule has 4 nitrogen and oxygen atoms in total. The molecule has 0 radical (unpaired) electrons. The number of nitrogens with two attached hydrogens (primary N) is 1. The topological polar surface area (TPSA) is 66.6 Å². The van der Waals surface area contributed by atoms with E-state index in [4.69, 9.17) is 10.8 Å². The lowest BCUT2D eigenvalue weighted by Gasteiger charge is -2.30. The highest BCUT2D eigenvalue weighted by Gasteiger charge is 2.27. The highest BCUT2D eigenvalue weighted by molar-refractivity contribution is 5.77. The van der Waals surface area contributed by atoms with Gasteiger partial charge in [-0.25, -0.2) is 0 Å². The van der Waals surface area contributed by atoms with Gasteiger partial charge < -0.3 is 15.7 Å². The summed E-state index contributed by atoms with van der Waals surface area (Å²) in [6.07, 6.45) is 9.15. The van der Waals surface area contributed by atoms with Crippen LogP contribution in [0.2, 0.25) is 0 Å². The second-order valence-electron chi connectivity index (χ2n) is 7.34. The van der Waals surface area contributed by atoms with E-state index in [1.54, 1.807) is 6.92 Å². The first-order chi connectivity index (χ1) is 9.83. The lowest BCUT2D eigenvalue weighted by Crippen LogP contribution is -2.44. The van der Waals surface area contributed by atoms with Crippen molar-refractivity contribution in [2.75, 3.05) is 13.1 Å². The van der Waals surface area contributed by atoms with Gasteiger partial charge in [-0.1, -0.05) is 26.7 Å². The van der Waals surface area contributed by atoms with Gasteiger partial charge in [0.2, 0.25) is 0 Å². The number of carboxylic acids is 1. The number of rotatable bonds is 10. The van der Waals surface area contributed by atoms with Crippen LogP contribution < -0.4 is 5.73 Å². The maximum Gasteiger partial charge on any atom is 0.323 e. The third kappa shape index (κ3) is 6.79. The van der Waals surface area contributed by atoms with Crippen LogP contribution in [0.25, 0.3) is 0 Å². The van der Waals surface area contributed by atoms with Crippen LogP contribution in [0.1, 0.15) is 72.1 Å². The second kappa shape index (κ2) is 8.74. The predicted octanol–water partition coefficient (Wildman–Crippen LogP) is 3.25. The molecule has 0 aromatic carbocycles. The summed E-state index contributed by atoms with van der Waals surface area (Å²) in [6.45, 7) is 8.44. The highest BCUT2D eigenvalue weighted by atomic mass is 16.4. The second-order valence-corrected chi connectivity index (χ2v) is 7.34. The van der Waals surface area contributed by atoms with E-state index in [0.717, 1.165) is 31.3 Å². The molecule has 3 N–H and O–H groups in total. The number of aliphatic carboxylic acids is 1. The van der Waals surface area contributed by atoms with Crippen LogP contribution in [0.3, 0.4) is 0 Å². The largest absolute Gasteiger partial charge is 0.480 e. The SMILES string of the molecule is CC(C)CCN(CCCCC(C)(N)C(=O)O)C1CCCC1. The molecule has 0 saturated heterocycles. The maximum absolute atomic E-state index is 11.0. The van der Waals surface area contributed by atoms with Gasteiger partial charge in [-0.05, 0) is 64.5 Å². The zero-order chi connectivity index (χ0) is 15.9. The molecule has 0 aromatic rings. The zero-order valence-electron chi connectivity index (χ0n) is 14.1. The first-order valence-electron chi connectivity index (χ1n) is 8.59. The van der Waals surface area contributed by atoms with E-state index in [9.17, 15) is 4.79 Å². The van der Waals surface area contributed by atoms with Crippen molar-refractivity contribution < 1.29 is 9.90 Å². The Morgan fingerprint density at radius 1 is 1.29 bits per heavy atom. The van der Waals surface area contributed by atoms with Gasteiger partial charge in [0.15, 0.2) is 0 Å². The van der Waals surface area contributed by atoms with E-state index in [1.807, 2.05) is 0 Å². The Labute approximate surface area is 130 Å². The summed E-state index contributed by atoms with van der Waals surface area (Å²) in [6, 6.07) is 0.757. The number of hydrogen-bond donors (Lipinski definition) is 2. The quantitative estimate of drug-likeness (QED) is 0.608. The molecule has 0 aliphatic heterocycles. The molecule has 0 amide bonds. The van der Waals surface area contributed by atoms with Crippen molar-refractivity contribution in [2.45, 2.75) is 83.7 Å². The highest BCUT2D eigenvalue weighted by Crippen LogP contribution is 2.24. The van der Waals surface area contributed by atoms with Crippen molar-refractivity contribution in [1.82, 2.24) is 4.90 Å². The van der Waals surface area contributed by atoms with E-state index in [2.05, 4.69) is 18.7 Å². The molecule has 1 rings (SSSR count). The van der Waals surface area contributed by atoms with Crippen LogP contribution in [0, 0.1) is 5.92 Å². The predicted molar refractivity (Wildman–Crippen MR) is 87.4 cm³/mol. The van der Waals surface area contributed by atoms with E-state index >= 15 is 0 Å². The average molecular weight is 298 g/mol. The fourth-order valence-corrected chi connectivity index (χ4v) is 3.08. The van der Waals surface area contributed by atoms with Crippen molar-refractivity contribution in [3.05, 3.63) is 0 Å². The first-order valence-corrected chi connectivity index (χ1v) is 8.59. The number of hydrogen-bond acceptors (Lipinski definition) is 3. The molecule has 0 aromatic heterocycles. The minimum absolute atomic E-state index is 0.561. The summed E-state index contributed by atoms with van der Waals surface area (Å²) >= 11 is 0. The number of carbonyl (C=O) groups is 1. The monoisotopic (exact) mass is 298 g/mol. The molecular formula is C17H34N2O2. The Kier molecular flexibility index (Phi) is 7.67. The van der Waals surface area contributed by atoms with Crippen LogP contribution in [-0.2, 0) is 4.79 Å². The van der Waals surface area contributed by atoms with Crippen molar-refractivity contribution in [1.29, 1.82) is 0 Å². The van der Waals surface area contributed by atoms with Gasteiger partial charge in [-0.2, -0.15) is 0 Å². The lowest BCUT2D eigenvalue weighted by molar-refractivity contribution is -0.142. The fourth-order valence-electron chi connectivity index (χ4n) is 3.08. The van der Waals surface area contributed by atoms with Crippen molar-refractivity contribution in [3.8, 4) is 0 Å². The summed E-state index contributed by atoms with van der Waals surface area (Å²) in [5.74, 6) is -0.150. The van der Waals surface area contributed by atoms with Crippen molar-refractivity contribution in [3.63, 3.8) is 0 Å². The molecule has 0 bridgehead atoms. The minimum Gasteiger partial charge on any atom is -0.480 e. The first kappa shape index (κ1) is 18.4. The van der Waals surface area contributed by atoms with Crippen LogP contribution in [0.15, 0.2) is 0 Å². The molecule has 1 aliphatic rings. The molecule has 0 heterocycles. The van der Waals surface area contributed by atoms with E-state index in [-0.39, 0.29) is 0 Å². The number of carboxylic acid groups (broad SMARTS) is 1. The summed E-state index contributed by atoms with van der Waals surface area (Å²) in [4.78, 5) is 13.6. The van der Waals surface area contributed by atoms with Gasteiger partial charge in [-0.15, -0.1) is 0 Å². The average Bonchev–Trinajstić information content (AvgIpc) is 2.91. The Balaban J connectivity index is 2.33. The fraction of sp³-hybridized carbons (Fsp3) is 0.941. The Morgan fingerprint density at radius 3 is 2.43 bits per heavy atom. The van der Waals surface area contributed by atoms with Crippen LogP contribution >= 0.6 is 0 Å².